The molecule has 1 aromatic heterocycles. The zero-order valence-corrected chi connectivity index (χ0v) is 20.1. The Bertz CT molecular complexity index is 964. The van der Waals surface area contributed by atoms with Gasteiger partial charge in [-0.2, -0.15) is 24.9 Å². The van der Waals surface area contributed by atoms with Crippen molar-refractivity contribution in [3.8, 4) is 0 Å². The molecule has 0 saturated carbocycles. The molecule has 1 saturated heterocycles. The molecule has 2 heterocycles. The predicted octanol–water partition coefficient (Wildman–Crippen LogP) is 5.63. The lowest BCUT2D eigenvalue weighted by Crippen LogP contribution is -2.43. The average molecular weight is 528 g/mol. The van der Waals surface area contributed by atoms with E-state index >= 15 is 0 Å². The van der Waals surface area contributed by atoms with Crippen LogP contribution in [0.2, 0.25) is 0 Å². The summed E-state index contributed by atoms with van der Waals surface area (Å²) in [4.78, 5) is 17.7. The molecule has 172 valence electrons. The summed E-state index contributed by atoms with van der Waals surface area (Å²) >= 11 is 5.22. The predicted molar refractivity (Wildman–Crippen MR) is 125 cm³/mol. The number of hydrogen-bond acceptors (Lipinski definition) is 4. The standard InChI is InChI=1S/C23H25BrF3N3OS/c1-30(22(31)14-6-8-32-9-7-14)21(23(25,26)27)20-5-4-18(13-28-20)29-19-11-15-2-3-17(24)10-16(15)12-19/h2-5,10,13-14,19,21,29H,6-9,11-12H2,1H3. The Morgan fingerprint density at radius 2 is 1.91 bits per heavy atom. The molecule has 2 aromatic rings. The van der Waals surface area contributed by atoms with E-state index in [4.69, 9.17) is 0 Å². The molecular formula is C23H25BrF3N3OS. The van der Waals surface area contributed by atoms with Gasteiger partial charge in [0.2, 0.25) is 5.91 Å². The molecule has 2 unspecified atom stereocenters. The largest absolute Gasteiger partial charge is 0.414 e. The van der Waals surface area contributed by atoms with E-state index in [2.05, 4.69) is 38.4 Å². The maximum atomic E-state index is 13.9. The molecule has 1 amide bonds. The maximum Gasteiger partial charge on any atom is 0.414 e. The van der Waals surface area contributed by atoms with Gasteiger partial charge < -0.3 is 10.2 Å². The highest BCUT2D eigenvalue weighted by Gasteiger charge is 2.47. The molecule has 0 radical (unpaired) electrons. The lowest BCUT2D eigenvalue weighted by molar-refractivity contribution is -0.191. The van der Waals surface area contributed by atoms with Crippen LogP contribution in [0.3, 0.4) is 0 Å². The van der Waals surface area contributed by atoms with E-state index in [1.54, 1.807) is 17.8 Å². The normalized spacial score (nSPS) is 20.0. The second-order valence-electron chi connectivity index (χ2n) is 8.41. The summed E-state index contributed by atoms with van der Waals surface area (Å²) in [6, 6.07) is 7.32. The molecule has 0 spiro atoms. The van der Waals surface area contributed by atoms with E-state index in [1.807, 2.05) is 6.07 Å². The SMILES string of the molecule is CN(C(=O)C1CCSCC1)C(c1ccc(NC2Cc3ccc(Br)cc3C2)cn1)C(F)(F)F. The minimum Gasteiger partial charge on any atom is -0.380 e. The van der Waals surface area contributed by atoms with Gasteiger partial charge in [-0.1, -0.05) is 22.0 Å². The number of carbonyl (C=O) groups is 1. The fourth-order valence-electron chi connectivity index (χ4n) is 4.52. The third kappa shape index (κ3) is 5.25. The van der Waals surface area contributed by atoms with Crippen molar-refractivity contribution >= 4 is 39.3 Å². The van der Waals surface area contributed by atoms with Gasteiger partial charge in [0.05, 0.1) is 17.6 Å². The Hall–Kier alpha value is -1.74. The number of halogens is 4. The van der Waals surface area contributed by atoms with Gasteiger partial charge in [-0.3, -0.25) is 9.78 Å². The number of pyridine rings is 1. The van der Waals surface area contributed by atoms with Gasteiger partial charge in [-0.05, 0) is 72.6 Å². The van der Waals surface area contributed by atoms with Crippen LogP contribution in [0.1, 0.15) is 35.7 Å². The van der Waals surface area contributed by atoms with E-state index in [-0.39, 0.29) is 17.7 Å². The van der Waals surface area contributed by atoms with Gasteiger partial charge in [-0.25, -0.2) is 0 Å². The Kier molecular flexibility index (Phi) is 7.05. The monoisotopic (exact) mass is 527 g/mol. The average Bonchev–Trinajstić information content (AvgIpc) is 3.15. The molecule has 4 nitrogen and oxygen atoms in total. The highest BCUT2D eigenvalue weighted by Crippen LogP contribution is 2.38. The van der Waals surface area contributed by atoms with Gasteiger partial charge >= 0.3 is 6.18 Å². The third-order valence-electron chi connectivity index (χ3n) is 6.15. The molecule has 1 N–H and O–H groups in total. The smallest absolute Gasteiger partial charge is 0.380 e. The number of nitrogens with one attached hydrogen (secondary N) is 1. The number of aromatic nitrogens is 1. The molecule has 4 rings (SSSR count). The van der Waals surface area contributed by atoms with Gasteiger partial charge in [0, 0.05) is 23.5 Å². The van der Waals surface area contributed by atoms with Crippen LogP contribution >= 0.6 is 27.7 Å². The van der Waals surface area contributed by atoms with Crippen LogP contribution < -0.4 is 5.32 Å². The molecule has 1 fully saturated rings. The summed E-state index contributed by atoms with van der Waals surface area (Å²) in [5, 5.41) is 3.37. The molecule has 2 atom stereocenters. The molecule has 1 aliphatic heterocycles. The number of benzene rings is 1. The van der Waals surface area contributed by atoms with Crippen LogP contribution in [-0.2, 0) is 17.6 Å². The number of thioether (sulfide) groups is 1. The second kappa shape index (κ2) is 9.63. The van der Waals surface area contributed by atoms with E-state index < -0.39 is 18.1 Å². The molecular weight excluding hydrogens is 503 g/mol. The number of amides is 1. The van der Waals surface area contributed by atoms with Crippen molar-refractivity contribution in [2.45, 2.75) is 43.9 Å². The number of rotatable bonds is 5. The second-order valence-corrected chi connectivity index (χ2v) is 10.6. The Labute approximate surface area is 198 Å². The summed E-state index contributed by atoms with van der Waals surface area (Å²) < 4.78 is 42.8. The Morgan fingerprint density at radius 3 is 2.56 bits per heavy atom. The molecule has 2 aliphatic rings. The van der Waals surface area contributed by atoms with E-state index in [9.17, 15) is 18.0 Å². The molecule has 9 heteroatoms. The van der Waals surface area contributed by atoms with Gasteiger partial charge in [-0.15, -0.1) is 0 Å². The summed E-state index contributed by atoms with van der Waals surface area (Å²) in [5.41, 5.74) is 3.04. The molecule has 32 heavy (non-hydrogen) atoms. The van der Waals surface area contributed by atoms with Gasteiger partial charge in [0.15, 0.2) is 6.04 Å². The molecule has 0 bridgehead atoms. The summed E-state index contributed by atoms with van der Waals surface area (Å²) in [7, 11) is 1.24. The Balaban J connectivity index is 1.46. The highest BCUT2D eigenvalue weighted by molar-refractivity contribution is 9.10. The quantitative estimate of drug-likeness (QED) is 0.547. The van der Waals surface area contributed by atoms with Gasteiger partial charge in [0.25, 0.3) is 0 Å². The zero-order chi connectivity index (χ0) is 22.9. The van der Waals surface area contributed by atoms with E-state index in [0.717, 1.165) is 33.7 Å². The van der Waals surface area contributed by atoms with Crippen LogP contribution in [0.25, 0.3) is 0 Å². The van der Waals surface area contributed by atoms with E-state index in [0.29, 0.717) is 18.5 Å². The van der Waals surface area contributed by atoms with E-state index in [1.165, 1.54) is 30.4 Å². The first-order chi connectivity index (χ1) is 15.2. The topological polar surface area (TPSA) is 45.2 Å². The van der Waals surface area contributed by atoms with Crippen molar-refractivity contribution in [3.63, 3.8) is 0 Å². The van der Waals surface area contributed by atoms with Crippen molar-refractivity contribution in [1.29, 1.82) is 0 Å². The molecule has 1 aliphatic carbocycles. The number of nitrogens with zero attached hydrogens (tertiary/aromatic N) is 2. The minimum absolute atomic E-state index is 0.164. The van der Waals surface area contributed by atoms with Crippen molar-refractivity contribution < 1.29 is 18.0 Å². The van der Waals surface area contributed by atoms with Crippen LogP contribution in [0.5, 0.6) is 0 Å². The first-order valence-electron chi connectivity index (χ1n) is 10.6. The number of fused-ring (bicyclic) bond motifs is 1. The van der Waals surface area contributed by atoms with Crippen LogP contribution in [0.4, 0.5) is 18.9 Å². The third-order valence-corrected chi connectivity index (χ3v) is 7.70. The first kappa shape index (κ1) is 23.4. The van der Waals surface area contributed by atoms with Crippen molar-refractivity contribution in [1.82, 2.24) is 9.88 Å². The van der Waals surface area contributed by atoms with Crippen LogP contribution in [0.15, 0.2) is 41.0 Å². The zero-order valence-electron chi connectivity index (χ0n) is 17.7. The summed E-state index contributed by atoms with van der Waals surface area (Å²) in [5.74, 6) is 0.811. The van der Waals surface area contributed by atoms with Crippen molar-refractivity contribution in [3.05, 3.63) is 57.8 Å². The minimum atomic E-state index is -4.60. The fourth-order valence-corrected chi connectivity index (χ4v) is 6.04. The molecule has 1 aromatic carbocycles. The maximum absolute atomic E-state index is 13.9. The fraction of sp³-hybridized carbons (Fsp3) is 0.478. The summed E-state index contributed by atoms with van der Waals surface area (Å²) in [6.45, 7) is 0. The number of carbonyl (C=O) groups excluding carboxylic acids is 1. The lowest BCUT2D eigenvalue weighted by atomic mass is 9.99. The Morgan fingerprint density at radius 1 is 1.19 bits per heavy atom. The van der Waals surface area contributed by atoms with Gasteiger partial charge in [0.1, 0.15) is 0 Å². The summed E-state index contributed by atoms with van der Waals surface area (Å²) in [6.07, 6.45) is -0.228. The van der Waals surface area contributed by atoms with Crippen molar-refractivity contribution in [2.75, 3.05) is 23.9 Å². The number of anilines is 1. The van der Waals surface area contributed by atoms with Crippen molar-refractivity contribution in [2.24, 2.45) is 5.92 Å². The first-order valence-corrected chi connectivity index (χ1v) is 12.6. The highest BCUT2D eigenvalue weighted by atomic mass is 79.9. The van der Waals surface area contributed by atoms with Crippen LogP contribution in [0, 0.1) is 5.92 Å². The van der Waals surface area contributed by atoms with Crippen LogP contribution in [-0.4, -0.2) is 46.6 Å². The number of hydrogen-bond donors (Lipinski definition) is 1. The number of alkyl halides is 3. The lowest BCUT2D eigenvalue weighted by Gasteiger charge is -2.33.